The zero-order valence-corrected chi connectivity index (χ0v) is 21.7. The van der Waals surface area contributed by atoms with Gasteiger partial charge >= 0.3 is 0 Å². The van der Waals surface area contributed by atoms with Crippen LogP contribution in [0.1, 0.15) is 36.4 Å². The number of rotatable bonds is 7. The van der Waals surface area contributed by atoms with Crippen LogP contribution in [-0.2, 0) is 24.3 Å². The number of piperidine rings is 1. The van der Waals surface area contributed by atoms with E-state index in [1.54, 1.807) is 18.2 Å². The molecule has 2 aliphatic heterocycles. The number of aliphatic hydroxyl groups excluding tert-OH is 1. The highest BCUT2D eigenvalue weighted by Crippen LogP contribution is 2.40. The van der Waals surface area contributed by atoms with E-state index in [2.05, 4.69) is 15.9 Å². The third kappa shape index (κ3) is 5.06. The highest BCUT2D eigenvalue weighted by Gasteiger charge is 2.46. The van der Waals surface area contributed by atoms with E-state index in [4.69, 9.17) is 4.74 Å². The summed E-state index contributed by atoms with van der Waals surface area (Å²) in [6, 6.07) is 12.2. The first-order chi connectivity index (χ1) is 16.8. The second-order valence-electron chi connectivity index (χ2n) is 8.53. The normalized spacial score (nSPS) is 21.0. The molecule has 1 amide bonds. The van der Waals surface area contributed by atoms with Gasteiger partial charge in [-0.25, -0.2) is 8.42 Å². The zero-order valence-electron chi connectivity index (χ0n) is 19.3. The summed E-state index contributed by atoms with van der Waals surface area (Å²) < 4.78 is 33.3. The number of aliphatic hydroxyl groups is 1. The summed E-state index contributed by atoms with van der Waals surface area (Å²) in [5, 5.41) is 11.2. The third-order valence-corrected chi connectivity index (χ3v) is 8.73. The Morgan fingerprint density at radius 2 is 1.77 bits per heavy atom. The minimum absolute atomic E-state index is 0.0455. The topological polar surface area (TPSA) is 104 Å². The molecule has 0 radical (unpaired) electrons. The maximum atomic E-state index is 13.0. The first kappa shape index (κ1) is 25.6. The van der Waals surface area contributed by atoms with Crippen molar-refractivity contribution in [3.63, 3.8) is 0 Å². The van der Waals surface area contributed by atoms with Gasteiger partial charge < -0.3 is 14.7 Å². The SMILES string of the molecule is COCCN1C(=O)C(=O)/C(=C(\O)c2ccc(S(=O)(=O)N3CCCCC3)cc2)C1c1cccc(Br)c1. The highest BCUT2D eigenvalue weighted by atomic mass is 79.9. The van der Waals surface area contributed by atoms with Crippen molar-refractivity contribution >= 4 is 43.4 Å². The zero-order chi connectivity index (χ0) is 25.2. The fourth-order valence-corrected chi connectivity index (χ4v) is 6.45. The van der Waals surface area contributed by atoms with E-state index in [1.165, 1.54) is 40.6 Å². The van der Waals surface area contributed by atoms with E-state index >= 15 is 0 Å². The first-order valence-electron chi connectivity index (χ1n) is 11.4. The van der Waals surface area contributed by atoms with E-state index in [-0.39, 0.29) is 34.9 Å². The molecule has 1 unspecified atom stereocenters. The number of ketones is 1. The van der Waals surface area contributed by atoms with Gasteiger partial charge in [-0.05, 0) is 54.8 Å². The molecule has 2 fully saturated rings. The molecule has 0 saturated carbocycles. The molecule has 4 rings (SSSR count). The molecular formula is C25H27BrN2O6S. The Balaban J connectivity index is 1.74. The molecule has 2 aliphatic rings. The lowest BCUT2D eigenvalue weighted by Crippen LogP contribution is -2.35. The van der Waals surface area contributed by atoms with Crippen LogP contribution >= 0.6 is 15.9 Å². The predicted molar refractivity (Wildman–Crippen MR) is 134 cm³/mol. The van der Waals surface area contributed by atoms with Crippen molar-refractivity contribution in [2.45, 2.75) is 30.2 Å². The Kier molecular flexibility index (Phi) is 7.75. The number of amides is 1. The lowest BCUT2D eigenvalue weighted by Gasteiger charge is -2.26. The second kappa shape index (κ2) is 10.6. The molecule has 186 valence electrons. The number of likely N-dealkylation sites (tertiary alicyclic amines) is 1. The first-order valence-corrected chi connectivity index (χ1v) is 13.6. The Hall–Kier alpha value is -2.53. The molecule has 2 aromatic rings. The van der Waals surface area contributed by atoms with Crippen molar-refractivity contribution in [3.8, 4) is 0 Å². The van der Waals surface area contributed by atoms with Crippen LogP contribution in [0, 0.1) is 0 Å². The van der Waals surface area contributed by atoms with Crippen molar-refractivity contribution in [2.75, 3.05) is 33.4 Å². The van der Waals surface area contributed by atoms with Crippen LogP contribution in [-0.4, -0.2) is 67.8 Å². The van der Waals surface area contributed by atoms with E-state index < -0.39 is 27.8 Å². The minimum atomic E-state index is -3.63. The molecule has 0 bridgehead atoms. The average Bonchev–Trinajstić information content (AvgIpc) is 3.12. The van der Waals surface area contributed by atoms with Gasteiger partial charge in [0.25, 0.3) is 11.7 Å². The molecule has 0 aliphatic carbocycles. The third-order valence-electron chi connectivity index (χ3n) is 6.32. The summed E-state index contributed by atoms with van der Waals surface area (Å²) in [5.74, 6) is -1.87. The monoisotopic (exact) mass is 562 g/mol. The van der Waals surface area contributed by atoms with Crippen LogP contribution < -0.4 is 0 Å². The van der Waals surface area contributed by atoms with Crippen molar-refractivity contribution in [1.82, 2.24) is 9.21 Å². The Bertz CT molecular complexity index is 1250. The molecule has 0 spiro atoms. The fourth-order valence-electron chi connectivity index (χ4n) is 4.52. The number of carbonyl (C=O) groups excluding carboxylic acids is 2. The van der Waals surface area contributed by atoms with Crippen LogP contribution in [0.2, 0.25) is 0 Å². The predicted octanol–water partition coefficient (Wildman–Crippen LogP) is 3.69. The maximum absolute atomic E-state index is 13.0. The van der Waals surface area contributed by atoms with E-state index in [9.17, 15) is 23.1 Å². The van der Waals surface area contributed by atoms with Crippen LogP contribution in [0.4, 0.5) is 0 Å². The van der Waals surface area contributed by atoms with Gasteiger partial charge in [-0.1, -0.05) is 34.5 Å². The average molecular weight is 563 g/mol. The Labute approximate surface area is 213 Å². The molecule has 0 aromatic heterocycles. The number of benzene rings is 2. The van der Waals surface area contributed by atoms with Gasteiger partial charge in [-0.3, -0.25) is 9.59 Å². The highest BCUT2D eigenvalue weighted by molar-refractivity contribution is 9.10. The molecule has 35 heavy (non-hydrogen) atoms. The number of nitrogens with zero attached hydrogens (tertiary/aromatic N) is 2. The molecule has 2 aromatic carbocycles. The van der Waals surface area contributed by atoms with Gasteiger partial charge in [0.05, 0.1) is 23.1 Å². The Morgan fingerprint density at radius 1 is 1.09 bits per heavy atom. The summed E-state index contributed by atoms with van der Waals surface area (Å²) in [7, 11) is -2.13. The molecular weight excluding hydrogens is 536 g/mol. The summed E-state index contributed by atoms with van der Waals surface area (Å²) >= 11 is 3.42. The number of ether oxygens (including phenoxy) is 1. The minimum Gasteiger partial charge on any atom is -0.507 e. The number of hydrogen-bond acceptors (Lipinski definition) is 6. The van der Waals surface area contributed by atoms with Crippen LogP contribution in [0.5, 0.6) is 0 Å². The van der Waals surface area contributed by atoms with Crippen LogP contribution in [0.3, 0.4) is 0 Å². The van der Waals surface area contributed by atoms with E-state index in [1.807, 2.05) is 6.07 Å². The van der Waals surface area contributed by atoms with Crippen molar-refractivity contribution < 1.29 is 27.9 Å². The van der Waals surface area contributed by atoms with Gasteiger partial charge in [-0.15, -0.1) is 0 Å². The van der Waals surface area contributed by atoms with E-state index in [0.29, 0.717) is 18.7 Å². The molecule has 10 heteroatoms. The molecule has 2 heterocycles. The van der Waals surface area contributed by atoms with Crippen molar-refractivity contribution in [1.29, 1.82) is 0 Å². The standard InChI is InChI=1S/C25H27BrN2O6S/c1-34-15-14-28-22(18-6-5-7-19(26)16-18)21(24(30)25(28)31)23(29)17-8-10-20(11-9-17)35(32,33)27-12-3-2-4-13-27/h5-11,16,22,29H,2-4,12-15H2,1H3/b23-21-. The van der Waals surface area contributed by atoms with Gasteiger partial charge in [-0.2, -0.15) is 4.31 Å². The molecule has 1 N–H and O–H groups in total. The molecule has 1 atom stereocenters. The lowest BCUT2D eigenvalue weighted by molar-refractivity contribution is -0.140. The fraction of sp³-hybridized carbons (Fsp3) is 0.360. The Morgan fingerprint density at radius 3 is 2.40 bits per heavy atom. The van der Waals surface area contributed by atoms with Gasteiger partial charge in [0.2, 0.25) is 10.0 Å². The second-order valence-corrected chi connectivity index (χ2v) is 11.4. The summed E-state index contributed by atoms with van der Waals surface area (Å²) in [6.07, 6.45) is 2.67. The molecule has 8 nitrogen and oxygen atoms in total. The van der Waals surface area contributed by atoms with Gasteiger partial charge in [0.1, 0.15) is 5.76 Å². The number of carbonyl (C=O) groups is 2. The van der Waals surface area contributed by atoms with Crippen molar-refractivity contribution in [2.24, 2.45) is 0 Å². The summed E-state index contributed by atoms with van der Waals surface area (Å²) in [5.41, 5.74) is 0.865. The largest absolute Gasteiger partial charge is 0.507 e. The maximum Gasteiger partial charge on any atom is 0.295 e. The van der Waals surface area contributed by atoms with Crippen LogP contribution in [0.15, 0.2) is 63.5 Å². The number of hydrogen-bond donors (Lipinski definition) is 1. The molecule has 2 saturated heterocycles. The summed E-state index contributed by atoms with van der Waals surface area (Å²) in [4.78, 5) is 27.4. The van der Waals surface area contributed by atoms with E-state index in [0.717, 1.165) is 23.7 Å². The summed E-state index contributed by atoms with van der Waals surface area (Å²) in [6.45, 7) is 1.37. The smallest absolute Gasteiger partial charge is 0.295 e. The van der Waals surface area contributed by atoms with Gasteiger partial charge in [0.15, 0.2) is 0 Å². The number of Topliss-reactive ketones (excluding diaryl/α,β-unsaturated/α-hetero) is 1. The number of sulfonamides is 1. The lowest BCUT2D eigenvalue weighted by atomic mass is 9.95. The number of halogens is 1. The quantitative estimate of drug-likeness (QED) is 0.313. The van der Waals surface area contributed by atoms with Gasteiger partial charge in [0, 0.05) is 36.8 Å². The van der Waals surface area contributed by atoms with Crippen LogP contribution in [0.25, 0.3) is 5.76 Å². The number of methoxy groups -OCH3 is 1. The van der Waals surface area contributed by atoms with Crippen molar-refractivity contribution in [3.05, 3.63) is 69.7 Å².